The van der Waals surface area contributed by atoms with Crippen LogP contribution in [0, 0.1) is 5.92 Å². The van der Waals surface area contributed by atoms with Gasteiger partial charge in [-0.15, -0.1) is 0 Å². The SMILES string of the molecule is CC(C)C[C@H](C)n1cc(-c2nc(-c3cnn(C(CO)CO)c3)cn3nccc23)cn1. The molecule has 4 aromatic heterocycles. The molecule has 0 spiro atoms. The van der Waals surface area contributed by atoms with Crippen molar-refractivity contribution in [3.8, 4) is 22.5 Å². The predicted molar refractivity (Wildman–Crippen MR) is 113 cm³/mol. The van der Waals surface area contributed by atoms with E-state index in [1.54, 1.807) is 27.8 Å². The van der Waals surface area contributed by atoms with Gasteiger partial charge in [0.25, 0.3) is 0 Å². The van der Waals surface area contributed by atoms with Crippen molar-refractivity contribution in [3.63, 3.8) is 0 Å². The summed E-state index contributed by atoms with van der Waals surface area (Å²) in [6.45, 7) is 6.20. The zero-order chi connectivity index (χ0) is 21.3. The summed E-state index contributed by atoms with van der Waals surface area (Å²) in [5.74, 6) is 0.592. The zero-order valence-electron chi connectivity index (χ0n) is 17.4. The third-order valence-electron chi connectivity index (χ3n) is 5.22. The van der Waals surface area contributed by atoms with Crippen LogP contribution in [0.15, 0.2) is 43.2 Å². The highest BCUT2D eigenvalue weighted by atomic mass is 16.3. The van der Waals surface area contributed by atoms with E-state index in [4.69, 9.17) is 4.98 Å². The molecule has 0 bridgehead atoms. The smallest absolute Gasteiger partial charge is 0.0999 e. The molecular weight excluding hydrogens is 382 g/mol. The molecule has 2 N–H and O–H groups in total. The largest absolute Gasteiger partial charge is 0.394 e. The molecule has 0 radical (unpaired) electrons. The van der Waals surface area contributed by atoms with Gasteiger partial charge in [-0.3, -0.25) is 9.36 Å². The van der Waals surface area contributed by atoms with E-state index in [1.807, 2.05) is 29.3 Å². The molecule has 4 aromatic rings. The second kappa shape index (κ2) is 8.37. The maximum absolute atomic E-state index is 9.41. The molecule has 0 amide bonds. The van der Waals surface area contributed by atoms with Gasteiger partial charge in [0.15, 0.2) is 0 Å². The van der Waals surface area contributed by atoms with Gasteiger partial charge in [0.05, 0.1) is 60.9 Å². The first kappa shape index (κ1) is 20.2. The van der Waals surface area contributed by atoms with E-state index >= 15 is 0 Å². The van der Waals surface area contributed by atoms with Crippen LogP contribution < -0.4 is 0 Å². The van der Waals surface area contributed by atoms with E-state index in [0.29, 0.717) is 17.7 Å². The van der Waals surface area contributed by atoms with Crippen molar-refractivity contribution in [1.29, 1.82) is 0 Å². The van der Waals surface area contributed by atoms with Gasteiger partial charge in [-0.2, -0.15) is 15.3 Å². The van der Waals surface area contributed by atoms with Crippen LogP contribution in [-0.2, 0) is 0 Å². The van der Waals surface area contributed by atoms with Crippen molar-refractivity contribution >= 4 is 5.52 Å². The van der Waals surface area contributed by atoms with Crippen LogP contribution in [0.25, 0.3) is 28.0 Å². The third kappa shape index (κ3) is 3.86. The highest BCUT2D eigenvalue weighted by molar-refractivity contribution is 5.78. The summed E-state index contributed by atoms with van der Waals surface area (Å²) in [4.78, 5) is 4.88. The monoisotopic (exact) mass is 409 g/mol. The Hall–Kier alpha value is -3.04. The lowest BCUT2D eigenvalue weighted by atomic mass is 10.1. The van der Waals surface area contributed by atoms with Crippen molar-refractivity contribution in [2.75, 3.05) is 13.2 Å². The molecule has 158 valence electrons. The molecule has 1 atom stereocenters. The number of aliphatic hydroxyl groups is 2. The fourth-order valence-corrected chi connectivity index (χ4v) is 3.67. The topological polar surface area (TPSA) is 106 Å². The van der Waals surface area contributed by atoms with Crippen molar-refractivity contribution in [2.24, 2.45) is 5.92 Å². The summed E-state index contributed by atoms with van der Waals surface area (Å²) < 4.78 is 5.33. The first-order valence-electron chi connectivity index (χ1n) is 10.1. The average molecular weight is 409 g/mol. The lowest BCUT2D eigenvalue weighted by Crippen LogP contribution is -2.17. The fraction of sp³-hybridized carbons (Fsp3) is 0.429. The van der Waals surface area contributed by atoms with E-state index in [9.17, 15) is 10.2 Å². The number of fused-ring (bicyclic) bond motifs is 1. The van der Waals surface area contributed by atoms with E-state index in [0.717, 1.165) is 28.8 Å². The van der Waals surface area contributed by atoms with Gasteiger partial charge in [-0.25, -0.2) is 9.50 Å². The van der Waals surface area contributed by atoms with E-state index < -0.39 is 6.04 Å². The Morgan fingerprint density at radius 1 is 0.900 bits per heavy atom. The van der Waals surface area contributed by atoms with E-state index in [-0.39, 0.29) is 13.2 Å². The Labute approximate surface area is 174 Å². The summed E-state index contributed by atoms with van der Waals surface area (Å²) >= 11 is 0. The molecule has 0 unspecified atom stereocenters. The summed E-state index contributed by atoms with van der Waals surface area (Å²) in [6.07, 6.45) is 12.0. The van der Waals surface area contributed by atoms with Crippen LogP contribution in [0.2, 0.25) is 0 Å². The number of hydrogen-bond donors (Lipinski definition) is 2. The van der Waals surface area contributed by atoms with Crippen LogP contribution in [0.4, 0.5) is 0 Å². The molecule has 0 saturated heterocycles. The lowest BCUT2D eigenvalue weighted by Gasteiger charge is -2.14. The van der Waals surface area contributed by atoms with Crippen molar-refractivity contribution in [3.05, 3.63) is 43.2 Å². The summed E-state index contributed by atoms with van der Waals surface area (Å²) in [7, 11) is 0. The van der Waals surface area contributed by atoms with Crippen LogP contribution in [0.1, 0.15) is 39.3 Å². The lowest BCUT2D eigenvalue weighted by molar-refractivity contribution is 0.146. The second-order valence-corrected chi connectivity index (χ2v) is 8.05. The third-order valence-corrected chi connectivity index (χ3v) is 5.22. The van der Waals surface area contributed by atoms with Gasteiger partial charge in [-0.1, -0.05) is 13.8 Å². The van der Waals surface area contributed by atoms with Gasteiger partial charge in [0.1, 0.15) is 0 Å². The Morgan fingerprint density at radius 3 is 2.33 bits per heavy atom. The van der Waals surface area contributed by atoms with Crippen molar-refractivity contribution in [2.45, 2.75) is 39.3 Å². The minimum absolute atomic E-state index is 0.192. The zero-order valence-corrected chi connectivity index (χ0v) is 17.4. The van der Waals surface area contributed by atoms with Crippen LogP contribution in [0.5, 0.6) is 0 Å². The highest BCUT2D eigenvalue weighted by Gasteiger charge is 2.17. The van der Waals surface area contributed by atoms with E-state index in [2.05, 4.69) is 36.1 Å². The molecule has 9 heteroatoms. The summed E-state index contributed by atoms with van der Waals surface area (Å²) in [5.41, 5.74) is 4.09. The number of hydrogen-bond acceptors (Lipinski definition) is 6. The minimum Gasteiger partial charge on any atom is -0.394 e. The Kier molecular flexibility index (Phi) is 5.65. The molecule has 9 nitrogen and oxygen atoms in total. The van der Waals surface area contributed by atoms with Crippen LogP contribution in [0.3, 0.4) is 0 Å². The van der Waals surface area contributed by atoms with Gasteiger partial charge in [0.2, 0.25) is 0 Å². The average Bonchev–Trinajstić information content (AvgIpc) is 3.47. The minimum atomic E-state index is -0.479. The fourth-order valence-electron chi connectivity index (χ4n) is 3.67. The standard InChI is InChI=1S/C21H27N7O2/c1-14(2)6-15(3)26-10-17(8-23-26)21-20-4-5-22-28(20)11-19(25-21)16-7-24-27(9-16)18(12-29)13-30/h4-5,7-11,14-15,18,29-30H,6,12-13H2,1-3H3/t15-/m0/s1. The molecule has 0 fully saturated rings. The molecule has 0 saturated carbocycles. The van der Waals surface area contributed by atoms with Crippen LogP contribution >= 0.6 is 0 Å². The van der Waals surface area contributed by atoms with Gasteiger partial charge >= 0.3 is 0 Å². The maximum atomic E-state index is 9.41. The Bertz CT molecular complexity index is 1120. The molecule has 30 heavy (non-hydrogen) atoms. The number of aromatic nitrogens is 7. The Balaban J connectivity index is 1.73. The molecule has 4 heterocycles. The van der Waals surface area contributed by atoms with Gasteiger partial charge < -0.3 is 10.2 Å². The second-order valence-electron chi connectivity index (χ2n) is 8.05. The normalized spacial score (nSPS) is 13.0. The summed E-state index contributed by atoms with van der Waals surface area (Å²) in [6, 6.07) is 1.75. The maximum Gasteiger partial charge on any atom is 0.0999 e. The number of nitrogens with zero attached hydrogens (tertiary/aromatic N) is 7. The predicted octanol–water partition coefficient (Wildman–Crippen LogP) is 2.59. The molecule has 0 aromatic carbocycles. The summed E-state index contributed by atoms with van der Waals surface area (Å²) in [5, 5.41) is 32.0. The molecule has 0 aliphatic rings. The number of rotatable bonds is 8. The van der Waals surface area contributed by atoms with Gasteiger partial charge in [0, 0.05) is 29.6 Å². The quantitative estimate of drug-likeness (QED) is 0.463. The van der Waals surface area contributed by atoms with Crippen LogP contribution in [-0.4, -0.2) is 57.6 Å². The molecule has 0 aliphatic heterocycles. The molecule has 4 rings (SSSR count). The van der Waals surface area contributed by atoms with Crippen molar-refractivity contribution in [1.82, 2.24) is 34.2 Å². The highest BCUT2D eigenvalue weighted by Crippen LogP contribution is 2.28. The molecular formula is C21H27N7O2. The van der Waals surface area contributed by atoms with E-state index in [1.165, 1.54) is 0 Å². The first-order chi connectivity index (χ1) is 14.5. The molecule has 0 aliphatic carbocycles. The van der Waals surface area contributed by atoms with Crippen molar-refractivity contribution < 1.29 is 10.2 Å². The number of aliphatic hydroxyl groups excluding tert-OH is 2. The Morgan fingerprint density at radius 2 is 1.60 bits per heavy atom. The first-order valence-corrected chi connectivity index (χ1v) is 10.1. The van der Waals surface area contributed by atoms with Gasteiger partial charge in [-0.05, 0) is 25.3 Å².